The van der Waals surface area contributed by atoms with E-state index in [0.29, 0.717) is 18.0 Å². The summed E-state index contributed by atoms with van der Waals surface area (Å²) in [4.78, 5) is 13.7. The summed E-state index contributed by atoms with van der Waals surface area (Å²) >= 11 is 6.11. The molecular formula is C18H20ClN7O2. The van der Waals surface area contributed by atoms with Crippen LogP contribution in [0.15, 0.2) is 23.3 Å². The molecule has 4 rings (SSSR count). The first kappa shape index (κ1) is 18.4. The van der Waals surface area contributed by atoms with Crippen LogP contribution in [0.5, 0.6) is 5.75 Å². The standard InChI is InChI=1S/C18H20ClN7O2/c1-10-16(11(2)25(3)24-10)14-6-13(7-20-22-14)28-12-4-5-26(9-12)15-8-21-23-18(27)17(15)19/h6-8,12H,4-5,9H2,1-3H3,(H,23,27)/t12-/m1/s1. The van der Waals surface area contributed by atoms with Crippen molar-refractivity contribution in [2.24, 2.45) is 7.05 Å². The molecule has 1 aliphatic rings. The fraction of sp³-hybridized carbons (Fsp3) is 0.389. The van der Waals surface area contributed by atoms with Crippen LogP contribution in [0.25, 0.3) is 11.3 Å². The third-order valence-corrected chi connectivity index (χ3v) is 5.33. The summed E-state index contributed by atoms with van der Waals surface area (Å²) in [5.74, 6) is 0.648. The van der Waals surface area contributed by atoms with Crippen LogP contribution in [0, 0.1) is 13.8 Å². The minimum absolute atomic E-state index is 0.0523. The van der Waals surface area contributed by atoms with Crippen molar-refractivity contribution < 1.29 is 4.74 Å². The molecule has 146 valence electrons. The molecule has 10 heteroatoms. The number of aryl methyl sites for hydroxylation is 2. The lowest BCUT2D eigenvalue weighted by molar-refractivity contribution is 0.224. The van der Waals surface area contributed by atoms with Gasteiger partial charge in [0.1, 0.15) is 22.6 Å². The lowest BCUT2D eigenvalue weighted by atomic mass is 10.1. The maximum atomic E-state index is 11.7. The number of hydrogen-bond donors (Lipinski definition) is 1. The molecule has 0 bridgehead atoms. The first-order valence-corrected chi connectivity index (χ1v) is 9.30. The lowest BCUT2D eigenvalue weighted by Gasteiger charge is -2.19. The molecule has 1 atom stereocenters. The van der Waals surface area contributed by atoms with E-state index in [1.807, 2.05) is 36.5 Å². The SMILES string of the molecule is Cc1nn(C)c(C)c1-c1cc(O[C@@H]2CCN(c3cn[nH]c(=O)c3Cl)C2)cnn1. The van der Waals surface area contributed by atoms with Crippen LogP contribution >= 0.6 is 11.6 Å². The number of anilines is 1. The molecule has 1 saturated heterocycles. The van der Waals surface area contributed by atoms with Gasteiger partial charge in [-0.05, 0) is 13.8 Å². The average Bonchev–Trinajstić information content (AvgIpc) is 3.22. The summed E-state index contributed by atoms with van der Waals surface area (Å²) in [5, 5.41) is 19.1. The molecule has 0 unspecified atom stereocenters. The number of rotatable bonds is 4. The summed E-state index contributed by atoms with van der Waals surface area (Å²) in [6, 6.07) is 1.88. The third kappa shape index (κ3) is 3.33. The molecule has 0 aliphatic carbocycles. The zero-order chi connectivity index (χ0) is 19.8. The highest BCUT2D eigenvalue weighted by Crippen LogP contribution is 2.29. The van der Waals surface area contributed by atoms with Crippen molar-refractivity contribution in [2.75, 3.05) is 18.0 Å². The molecule has 0 amide bonds. The van der Waals surface area contributed by atoms with Crippen LogP contribution in [0.2, 0.25) is 5.02 Å². The summed E-state index contributed by atoms with van der Waals surface area (Å²) in [7, 11) is 1.90. The lowest BCUT2D eigenvalue weighted by Crippen LogP contribution is -2.26. The summed E-state index contributed by atoms with van der Waals surface area (Å²) in [6.45, 7) is 5.28. The molecule has 0 radical (unpaired) electrons. The Morgan fingerprint density at radius 2 is 2.14 bits per heavy atom. The quantitative estimate of drug-likeness (QED) is 0.712. The Hall–Kier alpha value is -2.94. The molecule has 9 nitrogen and oxygen atoms in total. The summed E-state index contributed by atoms with van der Waals surface area (Å²) in [5.41, 5.74) is 3.84. The van der Waals surface area contributed by atoms with E-state index in [0.717, 1.165) is 35.6 Å². The van der Waals surface area contributed by atoms with E-state index in [1.165, 1.54) is 0 Å². The smallest absolute Gasteiger partial charge is 0.285 e. The molecule has 1 N–H and O–H groups in total. The Labute approximate surface area is 166 Å². The van der Waals surface area contributed by atoms with Crippen LogP contribution in [0.4, 0.5) is 5.69 Å². The fourth-order valence-electron chi connectivity index (χ4n) is 3.51. The van der Waals surface area contributed by atoms with Crippen LogP contribution in [0.1, 0.15) is 17.8 Å². The number of H-pyrrole nitrogens is 1. The van der Waals surface area contributed by atoms with Gasteiger partial charge in [0.05, 0.1) is 30.3 Å². The van der Waals surface area contributed by atoms with Crippen molar-refractivity contribution in [2.45, 2.75) is 26.4 Å². The van der Waals surface area contributed by atoms with Crippen molar-refractivity contribution in [1.82, 2.24) is 30.2 Å². The predicted octanol–water partition coefficient (Wildman–Crippen LogP) is 1.89. The van der Waals surface area contributed by atoms with Gasteiger partial charge < -0.3 is 9.64 Å². The minimum Gasteiger partial charge on any atom is -0.487 e. The van der Waals surface area contributed by atoms with E-state index < -0.39 is 5.56 Å². The van der Waals surface area contributed by atoms with E-state index in [1.54, 1.807) is 12.4 Å². The largest absolute Gasteiger partial charge is 0.487 e. The first-order valence-electron chi connectivity index (χ1n) is 8.92. The van der Waals surface area contributed by atoms with E-state index >= 15 is 0 Å². The van der Waals surface area contributed by atoms with Crippen molar-refractivity contribution in [3.63, 3.8) is 0 Å². The number of nitrogens with zero attached hydrogens (tertiary/aromatic N) is 6. The van der Waals surface area contributed by atoms with E-state index in [4.69, 9.17) is 16.3 Å². The van der Waals surface area contributed by atoms with E-state index in [9.17, 15) is 4.79 Å². The summed E-state index contributed by atoms with van der Waals surface area (Å²) in [6.07, 6.45) is 3.91. The topological polar surface area (TPSA) is 102 Å². The molecule has 1 fully saturated rings. The van der Waals surface area contributed by atoms with Gasteiger partial charge in [0.15, 0.2) is 0 Å². The molecule has 4 heterocycles. The van der Waals surface area contributed by atoms with Crippen LogP contribution in [-0.2, 0) is 7.05 Å². The molecule has 3 aromatic heterocycles. The minimum atomic E-state index is -0.395. The van der Waals surface area contributed by atoms with Crippen LogP contribution in [0.3, 0.4) is 0 Å². The number of aromatic amines is 1. The van der Waals surface area contributed by atoms with Crippen LogP contribution < -0.4 is 15.2 Å². The van der Waals surface area contributed by atoms with Gasteiger partial charge in [-0.25, -0.2) is 5.10 Å². The van der Waals surface area contributed by atoms with Gasteiger partial charge in [0.25, 0.3) is 5.56 Å². The Morgan fingerprint density at radius 3 is 2.89 bits per heavy atom. The average molecular weight is 402 g/mol. The molecule has 0 saturated carbocycles. The van der Waals surface area contributed by atoms with Gasteiger partial charge in [-0.1, -0.05) is 11.6 Å². The maximum absolute atomic E-state index is 11.7. The highest BCUT2D eigenvalue weighted by atomic mass is 35.5. The highest BCUT2D eigenvalue weighted by Gasteiger charge is 2.27. The third-order valence-electron chi connectivity index (χ3n) is 4.96. The fourth-order valence-corrected chi connectivity index (χ4v) is 3.72. The Balaban J connectivity index is 1.51. The number of halogens is 1. The Kier molecular flexibility index (Phi) is 4.76. The molecule has 0 aromatic carbocycles. The molecular weight excluding hydrogens is 382 g/mol. The molecule has 1 aliphatic heterocycles. The first-order chi connectivity index (χ1) is 13.4. The van der Waals surface area contributed by atoms with Crippen molar-refractivity contribution in [3.8, 4) is 17.0 Å². The van der Waals surface area contributed by atoms with Gasteiger partial charge in [-0.15, -0.1) is 0 Å². The molecule has 3 aromatic rings. The monoisotopic (exact) mass is 401 g/mol. The number of hydrogen-bond acceptors (Lipinski definition) is 7. The number of aromatic nitrogens is 6. The van der Waals surface area contributed by atoms with Gasteiger partial charge >= 0.3 is 0 Å². The predicted molar refractivity (Wildman–Crippen MR) is 105 cm³/mol. The van der Waals surface area contributed by atoms with Gasteiger partial charge in [-0.2, -0.15) is 20.4 Å². The van der Waals surface area contributed by atoms with E-state index in [2.05, 4.69) is 25.5 Å². The number of nitrogens with one attached hydrogen (secondary N) is 1. The van der Waals surface area contributed by atoms with E-state index in [-0.39, 0.29) is 11.1 Å². The number of ether oxygens (including phenoxy) is 1. The molecule has 28 heavy (non-hydrogen) atoms. The van der Waals surface area contributed by atoms with Crippen molar-refractivity contribution >= 4 is 17.3 Å². The second-order valence-corrected chi connectivity index (χ2v) is 7.20. The second kappa shape index (κ2) is 7.23. The van der Waals surface area contributed by atoms with Gasteiger partial charge in [0, 0.05) is 37.3 Å². The Bertz CT molecular complexity index is 1080. The second-order valence-electron chi connectivity index (χ2n) is 6.82. The molecule has 0 spiro atoms. The highest BCUT2D eigenvalue weighted by molar-refractivity contribution is 6.33. The Morgan fingerprint density at radius 1 is 1.32 bits per heavy atom. The van der Waals surface area contributed by atoms with Gasteiger partial charge in [0.2, 0.25) is 0 Å². The zero-order valence-corrected chi connectivity index (χ0v) is 16.6. The maximum Gasteiger partial charge on any atom is 0.285 e. The normalized spacial score (nSPS) is 16.6. The van der Waals surface area contributed by atoms with Crippen molar-refractivity contribution in [3.05, 3.63) is 45.2 Å². The summed E-state index contributed by atoms with van der Waals surface area (Å²) < 4.78 is 7.95. The van der Waals surface area contributed by atoms with Crippen molar-refractivity contribution in [1.29, 1.82) is 0 Å². The zero-order valence-electron chi connectivity index (χ0n) is 15.8. The van der Waals surface area contributed by atoms with Crippen LogP contribution in [-0.4, -0.2) is 49.4 Å². The van der Waals surface area contributed by atoms with Gasteiger partial charge in [-0.3, -0.25) is 9.48 Å².